The van der Waals surface area contributed by atoms with Gasteiger partial charge in [0.1, 0.15) is 23.1 Å². The van der Waals surface area contributed by atoms with Crippen molar-refractivity contribution in [3.8, 4) is 33.3 Å². The van der Waals surface area contributed by atoms with Crippen molar-refractivity contribution in [1.29, 1.82) is 0 Å². The second-order valence-electron chi connectivity index (χ2n) is 5.25. The molecule has 0 saturated heterocycles. The van der Waals surface area contributed by atoms with Crippen LogP contribution >= 0.6 is 11.3 Å². The zero-order chi connectivity index (χ0) is 15.6. The van der Waals surface area contributed by atoms with Crippen molar-refractivity contribution >= 4 is 17.0 Å². The SMILES string of the molecule is COc1ccc(-c2csc(-c3ccc4c(c3)NCCO4)n2)cc1. The van der Waals surface area contributed by atoms with E-state index < -0.39 is 0 Å². The number of nitrogens with one attached hydrogen (secondary N) is 1. The average Bonchev–Trinajstić information content (AvgIpc) is 3.11. The van der Waals surface area contributed by atoms with Crippen LogP contribution < -0.4 is 14.8 Å². The normalized spacial score (nSPS) is 12.9. The molecule has 23 heavy (non-hydrogen) atoms. The van der Waals surface area contributed by atoms with E-state index in [1.807, 2.05) is 30.3 Å². The number of hydrogen-bond donors (Lipinski definition) is 1. The van der Waals surface area contributed by atoms with Gasteiger partial charge in [0.05, 0.1) is 18.5 Å². The standard InChI is InChI=1S/C18H16N2O2S/c1-21-14-5-2-12(3-6-14)16-11-23-18(20-16)13-4-7-17-15(10-13)19-8-9-22-17/h2-7,10-11,19H,8-9H2,1H3. The Morgan fingerprint density at radius 2 is 1.96 bits per heavy atom. The number of thiazole rings is 1. The number of aromatic nitrogens is 1. The van der Waals surface area contributed by atoms with Crippen LogP contribution in [0.15, 0.2) is 47.8 Å². The number of nitrogens with zero attached hydrogens (tertiary/aromatic N) is 1. The molecular formula is C18H16N2O2S. The molecule has 1 aliphatic rings. The molecule has 1 aromatic heterocycles. The summed E-state index contributed by atoms with van der Waals surface area (Å²) in [6.45, 7) is 1.55. The Hall–Kier alpha value is -2.53. The Balaban J connectivity index is 1.64. The number of anilines is 1. The van der Waals surface area contributed by atoms with Crippen LogP contribution in [0.4, 0.5) is 5.69 Å². The first-order valence-electron chi connectivity index (χ1n) is 7.44. The van der Waals surface area contributed by atoms with Gasteiger partial charge in [-0.1, -0.05) is 0 Å². The second kappa shape index (κ2) is 5.93. The summed E-state index contributed by atoms with van der Waals surface area (Å²) in [5.41, 5.74) is 4.21. The summed E-state index contributed by atoms with van der Waals surface area (Å²) in [6, 6.07) is 14.1. The van der Waals surface area contributed by atoms with Gasteiger partial charge < -0.3 is 14.8 Å². The van der Waals surface area contributed by atoms with Crippen LogP contribution in [0.1, 0.15) is 0 Å². The van der Waals surface area contributed by atoms with Crippen molar-refractivity contribution in [1.82, 2.24) is 4.98 Å². The smallest absolute Gasteiger partial charge is 0.142 e. The summed E-state index contributed by atoms with van der Waals surface area (Å²) in [7, 11) is 1.67. The Bertz CT molecular complexity index is 827. The summed E-state index contributed by atoms with van der Waals surface area (Å²) >= 11 is 1.65. The number of benzene rings is 2. The molecule has 0 fully saturated rings. The molecule has 116 valence electrons. The van der Waals surface area contributed by atoms with Gasteiger partial charge in [0, 0.05) is 23.1 Å². The fraction of sp³-hybridized carbons (Fsp3) is 0.167. The Morgan fingerprint density at radius 1 is 1.13 bits per heavy atom. The van der Waals surface area contributed by atoms with Crippen LogP contribution in [0, 0.1) is 0 Å². The zero-order valence-corrected chi connectivity index (χ0v) is 13.5. The minimum absolute atomic E-state index is 0.714. The fourth-order valence-electron chi connectivity index (χ4n) is 2.57. The van der Waals surface area contributed by atoms with Crippen molar-refractivity contribution in [3.05, 3.63) is 47.8 Å². The summed E-state index contributed by atoms with van der Waals surface area (Å²) in [5.74, 6) is 1.76. The number of rotatable bonds is 3. The third-order valence-electron chi connectivity index (χ3n) is 3.79. The van der Waals surface area contributed by atoms with Gasteiger partial charge in [-0.2, -0.15) is 0 Å². The average molecular weight is 324 g/mol. The van der Waals surface area contributed by atoms with Crippen LogP contribution in [0.5, 0.6) is 11.5 Å². The summed E-state index contributed by atoms with van der Waals surface area (Å²) in [6.07, 6.45) is 0. The molecule has 0 unspecified atom stereocenters. The minimum atomic E-state index is 0.714. The quantitative estimate of drug-likeness (QED) is 0.780. The maximum Gasteiger partial charge on any atom is 0.142 e. The molecule has 0 aliphatic carbocycles. The van der Waals surface area contributed by atoms with Crippen LogP contribution in [0.25, 0.3) is 21.8 Å². The van der Waals surface area contributed by atoms with E-state index in [1.165, 1.54) is 0 Å². The highest BCUT2D eigenvalue weighted by atomic mass is 32.1. The van der Waals surface area contributed by atoms with Gasteiger partial charge in [-0.05, 0) is 42.5 Å². The highest BCUT2D eigenvalue weighted by Gasteiger charge is 2.13. The molecule has 0 saturated carbocycles. The Kier molecular flexibility index (Phi) is 3.63. The first-order chi connectivity index (χ1) is 11.3. The topological polar surface area (TPSA) is 43.4 Å². The monoisotopic (exact) mass is 324 g/mol. The van der Waals surface area contributed by atoms with Gasteiger partial charge in [-0.25, -0.2) is 4.98 Å². The third kappa shape index (κ3) is 2.75. The highest BCUT2D eigenvalue weighted by Crippen LogP contribution is 2.35. The number of hydrogen-bond acceptors (Lipinski definition) is 5. The second-order valence-corrected chi connectivity index (χ2v) is 6.11. The van der Waals surface area contributed by atoms with Crippen molar-refractivity contribution in [2.45, 2.75) is 0 Å². The van der Waals surface area contributed by atoms with Gasteiger partial charge in [-0.15, -0.1) is 11.3 Å². The molecule has 2 aromatic carbocycles. The number of methoxy groups -OCH3 is 1. The first kappa shape index (κ1) is 14.1. The molecular weight excluding hydrogens is 308 g/mol. The molecule has 0 spiro atoms. The van der Waals surface area contributed by atoms with Crippen molar-refractivity contribution in [3.63, 3.8) is 0 Å². The summed E-state index contributed by atoms with van der Waals surface area (Å²) < 4.78 is 10.8. The van der Waals surface area contributed by atoms with Crippen LogP contribution in [-0.2, 0) is 0 Å². The fourth-order valence-corrected chi connectivity index (χ4v) is 3.40. The third-order valence-corrected chi connectivity index (χ3v) is 4.68. The molecule has 1 aliphatic heterocycles. The van der Waals surface area contributed by atoms with E-state index in [0.29, 0.717) is 6.61 Å². The minimum Gasteiger partial charge on any atom is -0.497 e. The Morgan fingerprint density at radius 3 is 2.78 bits per heavy atom. The van der Waals surface area contributed by atoms with Gasteiger partial charge >= 0.3 is 0 Å². The summed E-state index contributed by atoms with van der Waals surface area (Å²) in [4.78, 5) is 4.76. The van der Waals surface area contributed by atoms with Gasteiger partial charge in [0.2, 0.25) is 0 Å². The van der Waals surface area contributed by atoms with E-state index in [0.717, 1.165) is 45.6 Å². The lowest BCUT2D eigenvalue weighted by Crippen LogP contribution is -2.17. The van der Waals surface area contributed by atoms with E-state index in [1.54, 1.807) is 18.4 Å². The lowest BCUT2D eigenvalue weighted by Gasteiger charge is -2.19. The predicted molar refractivity (Wildman–Crippen MR) is 93.5 cm³/mol. The molecule has 3 aromatic rings. The van der Waals surface area contributed by atoms with Gasteiger partial charge in [0.15, 0.2) is 0 Å². The van der Waals surface area contributed by atoms with Crippen molar-refractivity contribution < 1.29 is 9.47 Å². The largest absolute Gasteiger partial charge is 0.497 e. The molecule has 4 rings (SSSR count). The molecule has 0 atom stereocenters. The van der Waals surface area contributed by atoms with E-state index >= 15 is 0 Å². The van der Waals surface area contributed by atoms with Gasteiger partial charge in [0.25, 0.3) is 0 Å². The summed E-state index contributed by atoms with van der Waals surface area (Å²) in [5, 5.41) is 6.45. The van der Waals surface area contributed by atoms with Crippen molar-refractivity contribution in [2.24, 2.45) is 0 Å². The molecule has 2 heterocycles. The highest BCUT2D eigenvalue weighted by molar-refractivity contribution is 7.13. The van der Waals surface area contributed by atoms with E-state index in [2.05, 4.69) is 22.8 Å². The van der Waals surface area contributed by atoms with E-state index in [-0.39, 0.29) is 0 Å². The van der Waals surface area contributed by atoms with Gasteiger partial charge in [-0.3, -0.25) is 0 Å². The number of ether oxygens (including phenoxy) is 2. The molecule has 0 bridgehead atoms. The molecule has 4 nitrogen and oxygen atoms in total. The number of fused-ring (bicyclic) bond motifs is 1. The lowest BCUT2D eigenvalue weighted by atomic mass is 10.1. The zero-order valence-electron chi connectivity index (χ0n) is 12.7. The molecule has 0 radical (unpaired) electrons. The Labute approximate surface area is 138 Å². The van der Waals surface area contributed by atoms with Crippen LogP contribution in [-0.4, -0.2) is 25.2 Å². The first-order valence-corrected chi connectivity index (χ1v) is 8.32. The van der Waals surface area contributed by atoms with Crippen molar-refractivity contribution in [2.75, 3.05) is 25.6 Å². The van der Waals surface area contributed by atoms with Crippen LogP contribution in [0.2, 0.25) is 0 Å². The molecule has 0 amide bonds. The molecule has 5 heteroatoms. The van der Waals surface area contributed by atoms with Crippen LogP contribution in [0.3, 0.4) is 0 Å². The predicted octanol–water partition coefficient (Wildman–Crippen LogP) is 4.29. The molecule has 1 N–H and O–H groups in total. The van der Waals surface area contributed by atoms with E-state index in [4.69, 9.17) is 14.5 Å². The van der Waals surface area contributed by atoms with E-state index in [9.17, 15) is 0 Å². The lowest BCUT2D eigenvalue weighted by molar-refractivity contribution is 0.323. The maximum atomic E-state index is 5.62. The maximum absolute atomic E-state index is 5.62.